The summed E-state index contributed by atoms with van der Waals surface area (Å²) < 4.78 is 5.63. The molecule has 1 aliphatic heterocycles. The average molecular weight is 894 g/mol. The number of ether oxygens (including phenoxy) is 1. The van der Waals surface area contributed by atoms with Crippen LogP contribution in [-0.4, -0.2) is 119 Å². The zero-order valence-corrected chi connectivity index (χ0v) is 35.6. The fourth-order valence-corrected chi connectivity index (χ4v) is 7.77. The molecular formula is C44H46Cl2N4O12. The lowest BCUT2D eigenvalue weighted by Gasteiger charge is -2.35. The summed E-state index contributed by atoms with van der Waals surface area (Å²) in [6, 6.07) is 24.5. The van der Waals surface area contributed by atoms with Crippen molar-refractivity contribution in [3.63, 3.8) is 0 Å². The van der Waals surface area contributed by atoms with Crippen molar-refractivity contribution < 1.29 is 58.8 Å². The number of carboxylic acids is 3. The van der Waals surface area contributed by atoms with Crippen LogP contribution >= 0.6 is 23.2 Å². The zero-order valence-electron chi connectivity index (χ0n) is 34.1. The minimum Gasteiger partial charge on any atom is -0.495 e. The summed E-state index contributed by atoms with van der Waals surface area (Å²) >= 11 is 12.7. The number of nitrogens with zero attached hydrogens (tertiary/aromatic N) is 4. The summed E-state index contributed by atoms with van der Waals surface area (Å²) in [5.74, 6) is -5.63. The third kappa shape index (κ3) is 12.1. The molecule has 4 aromatic rings. The number of fused-ring (bicyclic) bond motifs is 1. The minimum absolute atomic E-state index is 0.0665. The number of rotatable bonds is 17. The van der Waals surface area contributed by atoms with Crippen molar-refractivity contribution in [2.24, 2.45) is 0 Å². The number of amides is 2. The standard InChI is InChI=1S/C38H38Cl2N4O5.C6H8O7/c1-42(38(47)36-31-10-5-4-8-27(31)20-29(22-41)37(36)48-2)23-28(26-12-13-32(39)33(40)21-26)16-19-43-17-14-25(15-18-43)30-9-6-7-11-34(30)44(49-3)35(46)24-45;7-3(8)1-6(13,5(11)12)2-4(9)10/h4-13,20-21,24-25,28H,14-19,23H2,1-3H3;13H,1-2H2,(H,7,8)(H,9,10)(H,11,12)/t28-;/m1./s1. The largest absolute Gasteiger partial charge is 0.495 e. The highest BCUT2D eigenvalue weighted by atomic mass is 35.5. The first-order valence-electron chi connectivity index (χ1n) is 19.2. The van der Waals surface area contributed by atoms with Gasteiger partial charge in [0.15, 0.2) is 5.60 Å². The molecule has 1 aliphatic rings. The number of hydroxylamine groups is 1. The molecule has 1 atom stereocenters. The Morgan fingerprint density at radius 2 is 1.56 bits per heavy atom. The maximum atomic E-state index is 14.2. The molecule has 16 nitrogen and oxygen atoms in total. The van der Waals surface area contributed by atoms with Gasteiger partial charge < -0.3 is 35.0 Å². The molecule has 4 N–H and O–H groups in total. The summed E-state index contributed by atoms with van der Waals surface area (Å²) in [7, 11) is 4.61. The van der Waals surface area contributed by atoms with E-state index in [1.54, 1.807) is 30.1 Å². The van der Waals surface area contributed by atoms with Gasteiger partial charge in [0.2, 0.25) is 6.29 Å². The van der Waals surface area contributed by atoms with Crippen molar-refractivity contribution in [3.05, 3.63) is 105 Å². The van der Waals surface area contributed by atoms with Gasteiger partial charge in [-0.1, -0.05) is 71.7 Å². The molecule has 0 unspecified atom stereocenters. The molecule has 1 saturated heterocycles. The van der Waals surface area contributed by atoms with Gasteiger partial charge in [-0.05, 0) is 91.0 Å². The van der Waals surface area contributed by atoms with Crippen molar-refractivity contribution >= 4 is 75.7 Å². The number of hydrogen-bond donors (Lipinski definition) is 4. The Labute approximate surface area is 367 Å². The summed E-state index contributed by atoms with van der Waals surface area (Å²) in [4.78, 5) is 77.4. The highest BCUT2D eigenvalue weighted by Gasteiger charge is 2.41. The van der Waals surface area contributed by atoms with Crippen LogP contribution in [0.15, 0.2) is 72.8 Å². The molecule has 0 saturated carbocycles. The number of likely N-dealkylation sites (tertiary alicyclic amines) is 1. The molecule has 0 aliphatic carbocycles. The number of methoxy groups -OCH3 is 1. The van der Waals surface area contributed by atoms with Gasteiger partial charge in [0.1, 0.15) is 11.8 Å². The first-order valence-corrected chi connectivity index (χ1v) is 20.0. The van der Waals surface area contributed by atoms with Crippen LogP contribution in [0.4, 0.5) is 5.69 Å². The number of aliphatic carboxylic acids is 3. The number of aliphatic hydroxyl groups is 1. The minimum atomic E-state index is -2.74. The molecule has 0 radical (unpaired) electrons. The normalized spacial score (nSPS) is 13.5. The number of piperidine rings is 1. The van der Waals surface area contributed by atoms with Crippen LogP contribution in [0.3, 0.4) is 0 Å². The van der Waals surface area contributed by atoms with Crippen molar-refractivity contribution in [2.45, 2.75) is 49.5 Å². The highest BCUT2D eigenvalue weighted by Crippen LogP contribution is 2.37. The Morgan fingerprint density at radius 1 is 0.935 bits per heavy atom. The number of hydrogen-bond acceptors (Lipinski definition) is 11. The molecular weight excluding hydrogens is 847 g/mol. The Balaban J connectivity index is 0.000000562. The Hall–Kier alpha value is -6.09. The number of nitriles is 1. The SMILES string of the molecule is COc1c(C#N)cc2ccccc2c1C(=O)N(C)C[C@@H](CCN1CCC(c2ccccc2N(OC)C(=O)C=O)CC1)c1ccc(Cl)c(Cl)c1.O=C(O)CC(O)(CC(=O)O)C(=O)O. The van der Waals surface area contributed by atoms with Gasteiger partial charge in [-0.25, -0.2) is 4.79 Å². The summed E-state index contributed by atoms with van der Waals surface area (Å²) in [6.45, 7) is 2.85. The number of carboxylic acid groups (broad SMARTS) is 3. The fourth-order valence-electron chi connectivity index (χ4n) is 7.46. The number of anilines is 1. The molecule has 62 heavy (non-hydrogen) atoms. The number of para-hydroxylation sites is 1. The van der Waals surface area contributed by atoms with E-state index >= 15 is 0 Å². The van der Waals surface area contributed by atoms with Gasteiger partial charge in [0.25, 0.3) is 5.91 Å². The maximum absolute atomic E-state index is 14.2. The summed E-state index contributed by atoms with van der Waals surface area (Å²) in [5.41, 5.74) is 0.443. The molecule has 1 fully saturated rings. The van der Waals surface area contributed by atoms with Crippen LogP contribution in [0.5, 0.6) is 5.75 Å². The number of likely N-dealkylation sites (N-methyl/N-ethyl adjacent to an activating group) is 1. The zero-order chi connectivity index (χ0) is 45.7. The first kappa shape index (κ1) is 48.6. The molecule has 0 aromatic heterocycles. The van der Waals surface area contributed by atoms with E-state index in [0.717, 1.165) is 65.9 Å². The van der Waals surface area contributed by atoms with Gasteiger partial charge in [0, 0.05) is 19.5 Å². The second-order valence-corrected chi connectivity index (χ2v) is 15.4. The van der Waals surface area contributed by atoms with Crippen molar-refractivity contribution in [1.29, 1.82) is 5.26 Å². The van der Waals surface area contributed by atoms with Gasteiger partial charge >= 0.3 is 23.8 Å². The van der Waals surface area contributed by atoms with Crippen molar-refractivity contribution in [3.8, 4) is 11.8 Å². The Bertz CT molecular complexity index is 2330. The number of carbonyl (C=O) groups excluding carboxylic acids is 3. The van der Waals surface area contributed by atoms with E-state index in [9.17, 15) is 34.0 Å². The van der Waals surface area contributed by atoms with E-state index in [2.05, 4.69) is 11.0 Å². The average Bonchev–Trinajstić information content (AvgIpc) is 3.25. The quantitative estimate of drug-likeness (QED) is 0.0541. The van der Waals surface area contributed by atoms with E-state index in [0.29, 0.717) is 33.4 Å². The van der Waals surface area contributed by atoms with Gasteiger partial charge in [0.05, 0.1) is 53.9 Å². The van der Waals surface area contributed by atoms with E-state index < -0.39 is 42.3 Å². The number of halogens is 2. The lowest BCUT2D eigenvalue weighted by atomic mass is 9.87. The lowest BCUT2D eigenvalue weighted by molar-refractivity contribution is -0.170. The Kier molecular flexibility index (Phi) is 17.3. The molecule has 5 rings (SSSR count). The predicted octanol–water partition coefficient (Wildman–Crippen LogP) is 6.00. The Morgan fingerprint density at radius 3 is 2.13 bits per heavy atom. The van der Waals surface area contributed by atoms with Crippen LogP contribution < -0.4 is 9.80 Å². The number of aldehydes is 1. The van der Waals surface area contributed by atoms with E-state index in [1.165, 1.54) is 14.2 Å². The van der Waals surface area contributed by atoms with Crippen LogP contribution in [0.25, 0.3) is 10.8 Å². The number of carbonyl (C=O) groups is 6. The predicted molar refractivity (Wildman–Crippen MR) is 229 cm³/mol. The van der Waals surface area contributed by atoms with Crippen LogP contribution in [0, 0.1) is 11.3 Å². The molecule has 1 heterocycles. The topological polar surface area (TPSA) is 235 Å². The molecule has 18 heteroatoms. The van der Waals surface area contributed by atoms with Gasteiger partial charge in [-0.2, -0.15) is 10.3 Å². The van der Waals surface area contributed by atoms with Crippen LogP contribution in [0.2, 0.25) is 10.0 Å². The third-order valence-electron chi connectivity index (χ3n) is 10.5. The van der Waals surface area contributed by atoms with E-state index in [-0.39, 0.29) is 29.8 Å². The van der Waals surface area contributed by atoms with Crippen LogP contribution in [0.1, 0.15) is 71.0 Å². The summed E-state index contributed by atoms with van der Waals surface area (Å²) in [6.07, 6.45) is 0.436. The monoisotopic (exact) mass is 892 g/mol. The summed E-state index contributed by atoms with van der Waals surface area (Å²) in [5, 5.41) is 47.1. The second kappa shape index (κ2) is 22.1. The fraction of sp³-hybridized carbons (Fsp3) is 0.341. The third-order valence-corrected chi connectivity index (χ3v) is 11.3. The molecule has 0 bridgehead atoms. The van der Waals surface area contributed by atoms with Crippen molar-refractivity contribution in [2.75, 3.05) is 52.5 Å². The van der Waals surface area contributed by atoms with Crippen molar-refractivity contribution in [1.82, 2.24) is 9.80 Å². The van der Waals surface area contributed by atoms with Gasteiger partial charge in [-0.15, -0.1) is 0 Å². The van der Waals surface area contributed by atoms with E-state index in [4.69, 9.17) is 53.2 Å². The second-order valence-electron chi connectivity index (χ2n) is 14.6. The van der Waals surface area contributed by atoms with Crippen LogP contribution in [-0.2, 0) is 28.8 Å². The molecule has 2 amide bonds. The highest BCUT2D eigenvalue weighted by molar-refractivity contribution is 6.42. The first-order chi connectivity index (χ1) is 29.5. The molecule has 0 spiro atoms. The lowest BCUT2D eigenvalue weighted by Crippen LogP contribution is -2.42. The molecule has 328 valence electrons. The number of benzene rings is 4. The maximum Gasteiger partial charge on any atom is 0.336 e. The molecule has 4 aromatic carbocycles. The smallest absolute Gasteiger partial charge is 0.336 e. The van der Waals surface area contributed by atoms with E-state index in [1.807, 2.05) is 54.6 Å². The van der Waals surface area contributed by atoms with Gasteiger partial charge in [-0.3, -0.25) is 28.8 Å².